The third-order valence-corrected chi connectivity index (χ3v) is 1.17. The van der Waals surface area contributed by atoms with E-state index in [0.717, 1.165) is 0 Å². The lowest BCUT2D eigenvalue weighted by Gasteiger charge is -1.79. The number of pyridine rings is 1. The molecule has 11 heavy (non-hydrogen) atoms. The van der Waals surface area contributed by atoms with Crippen LogP contribution in [-0.4, -0.2) is 17.4 Å². The Kier molecular flexibility index (Phi) is 2.86. The van der Waals surface area contributed by atoms with Crippen molar-refractivity contribution in [3.05, 3.63) is 29.5 Å². The van der Waals surface area contributed by atoms with E-state index in [-0.39, 0.29) is 5.91 Å². The van der Waals surface area contributed by atoms with Gasteiger partial charge >= 0.3 is 0 Å². The molecule has 4 heteroatoms. The number of carbonyl (C=O) groups excluding carboxylic acids is 1. The summed E-state index contributed by atoms with van der Waals surface area (Å²) in [7, 11) is 0. The van der Waals surface area contributed by atoms with Gasteiger partial charge in [0.25, 0.3) is 0 Å². The second kappa shape index (κ2) is 3.93. The summed E-state index contributed by atoms with van der Waals surface area (Å²) in [5.74, 6) is 0.167. The highest BCUT2D eigenvalue weighted by Gasteiger charge is 2.10. The van der Waals surface area contributed by atoms with Crippen LogP contribution in [0.1, 0.15) is 0 Å². The molecule has 2 heterocycles. The van der Waals surface area contributed by atoms with Gasteiger partial charge in [-0.1, -0.05) is 11.6 Å². The fraction of sp³-hybridized carbons (Fsp3) is 0.143. The van der Waals surface area contributed by atoms with Gasteiger partial charge in [0, 0.05) is 12.4 Å². The molecule has 1 aromatic rings. The summed E-state index contributed by atoms with van der Waals surface area (Å²) in [5.41, 5.74) is 0. The number of nitrogens with zero attached hydrogens (tertiary/aromatic N) is 1. The summed E-state index contributed by atoms with van der Waals surface area (Å²) in [4.78, 5) is 13.2. The van der Waals surface area contributed by atoms with Gasteiger partial charge in [-0.25, -0.2) is 0 Å². The first-order chi connectivity index (χ1) is 5.29. The summed E-state index contributed by atoms with van der Waals surface area (Å²) in [6.45, 7) is 0.597. The molecule has 3 nitrogen and oxygen atoms in total. The molecule has 0 radical (unpaired) electrons. The number of amides is 1. The van der Waals surface area contributed by atoms with Crippen molar-refractivity contribution in [2.24, 2.45) is 0 Å². The number of carbonyl (C=O) groups is 1. The normalized spacial score (nSPS) is 12.6. The van der Waals surface area contributed by atoms with Crippen molar-refractivity contribution in [1.82, 2.24) is 10.3 Å². The van der Waals surface area contributed by atoms with E-state index in [2.05, 4.69) is 10.3 Å². The molecule has 1 fully saturated rings. The monoisotopic (exact) mass is 170 g/mol. The summed E-state index contributed by atoms with van der Waals surface area (Å²) < 4.78 is 0. The first kappa shape index (κ1) is 8.01. The minimum atomic E-state index is 0.167. The van der Waals surface area contributed by atoms with E-state index in [1.807, 2.05) is 0 Å². The molecule has 58 valence electrons. The topological polar surface area (TPSA) is 51.9 Å². The summed E-state index contributed by atoms with van der Waals surface area (Å²) in [5, 5.41) is 3.14. The Morgan fingerprint density at radius 2 is 2.27 bits per heavy atom. The van der Waals surface area contributed by atoms with Crippen molar-refractivity contribution in [1.29, 1.82) is 0 Å². The molecule has 1 aromatic heterocycles. The Balaban J connectivity index is 0.000000128. The van der Waals surface area contributed by atoms with Crippen molar-refractivity contribution in [2.75, 3.05) is 6.54 Å². The van der Waals surface area contributed by atoms with Crippen LogP contribution in [0.15, 0.2) is 24.5 Å². The third-order valence-electron chi connectivity index (χ3n) is 0.947. The lowest BCUT2D eigenvalue weighted by Crippen LogP contribution is -1.66. The van der Waals surface area contributed by atoms with E-state index in [1.165, 1.54) is 0 Å². The molecular formula is C7H7ClN2O. The second-order valence-corrected chi connectivity index (χ2v) is 2.38. The summed E-state index contributed by atoms with van der Waals surface area (Å²) in [6.07, 6.45) is 3.29. The zero-order chi connectivity index (χ0) is 8.10. The molecule has 1 aliphatic rings. The van der Waals surface area contributed by atoms with E-state index in [1.54, 1.807) is 24.5 Å². The van der Waals surface area contributed by atoms with Gasteiger partial charge in [-0.15, -0.1) is 0 Å². The number of hydrogen-bond acceptors (Lipinski definition) is 2. The molecule has 1 amide bonds. The number of halogens is 1. The van der Waals surface area contributed by atoms with Gasteiger partial charge in [0.15, 0.2) is 0 Å². The van der Waals surface area contributed by atoms with Gasteiger partial charge in [0.05, 0.1) is 11.6 Å². The van der Waals surface area contributed by atoms with Crippen molar-refractivity contribution in [3.8, 4) is 0 Å². The molecule has 0 aromatic carbocycles. The van der Waals surface area contributed by atoms with Gasteiger partial charge in [-0.3, -0.25) is 9.78 Å². The van der Waals surface area contributed by atoms with Crippen molar-refractivity contribution >= 4 is 17.5 Å². The first-order valence-corrected chi connectivity index (χ1v) is 3.49. The lowest BCUT2D eigenvalue weighted by atomic mass is 10.5. The van der Waals surface area contributed by atoms with Crippen molar-refractivity contribution < 1.29 is 4.79 Å². The smallest absolute Gasteiger partial charge is 0.239 e. The van der Waals surface area contributed by atoms with Crippen molar-refractivity contribution in [2.45, 2.75) is 0 Å². The Labute approximate surface area is 69.4 Å². The number of hydrogen-bond donors (Lipinski definition) is 1. The summed E-state index contributed by atoms with van der Waals surface area (Å²) in [6, 6.07) is 3.58. The zero-order valence-corrected chi connectivity index (χ0v) is 6.51. The molecular weight excluding hydrogens is 164 g/mol. The Morgan fingerprint density at radius 1 is 1.64 bits per heavy atom. The quantitative estimate of drug-likeness (QED) is 0.587. The Morgan fingerprint density at radius 3 is 2.45 bits per heavy atom. The molecule has 0 saturated carbocycles. The Bertz CT molecular complexity index is 231. The van der Waals surface area contributed by atoms with E-state index < -0.39 is 0 Å². The van der Waals surface area contributed by atoms with Crippen LogP contribution in [0.2, 0.25) is 5.02 Å². The molecule has 1 aliphatic heterocycles. The lowest BCUT2D eigenvalue weighted by molar-refractivity contribution is -0.110. The van der Waals surface area contributed by atoms with Gasteiger partial charge in [-0.05, 0) is 12.1 Å². The zero-order valence-electron chi connectivity index (χ0n) is 5.75. The highest BCUT2D eigenvalue weighted by atomic mass is 35.5. The maximum atomic E-state index is 9.44. The maximum absolute atomic E-state index is 9.44. The van der Waals surface area contributed by atoms with Crippen molar-refractivity contribution in [3.63, 3.8) is 0 Å². The first-order valence-electron chi connectivity index (χ1n) is 3.11. The third kappa shape index (κ3) is 4.33. The number of nitrogens with one attached hydrogen (secondary N) is 1. The highest BCUT2D eigenvalue weighted by Crippen LogP contribution is 2.00. The molecule has 0 bridgehead atoms. The SMILES string of the molecule is Clc1cccnc1.O=C1CN1. The minimum Gasteiger partial charge on any atom is -0.346 e. The van der Waals surface area contributed by atoms with Crippen LogP contribution < -0.4 is 5.32 Å². The van der Waals surface area contributed by atoms with Crippen LogP contribution in [0, 0.1) is 0 Å². The standard InChI is InChI=1S/C5H4ClN.C2H3NO/c6-5-2-1-3-7-4-5;4-2-1-3-2/h1-4H;1H2,(H,3,4). The molecule has 0 spiro atoms. The average Bonchev–Trinajstić information content (AvgIpc) is 2.75. The van der Waals surface area contributed by atoms with Gasteiger partial charge in [0.2, 0.25) is 5.91 Å². The Hall–Kier alpha value is -1.09. The fourth-order valence-electron chi connectivity index (χ4n) is 0.378. The maximum Gasteiger partial charge on any atom is 0.239 e. The van der Waals surface area contributed by atoms with E-state index in [4.69, 9.17) is 11.6 Å². The van der Waals surface area contributed by atoms with Crippen LogP contribution in [0.5, 0.6) is 0 Å². The van der Waals surface area contributed by atoms with Crippen LogP contribution in [-0.2, 0) is 4.79 Å². The van der Waals surface area contributed by atoms with Crippen LogP contribution in [0.4, 0.5) is 0 Å². The van der Waals surface area contributed by atoms with Crippen LogP contribution >= 0.6 is 11.6 Å². The molecule has 1 saturated heterocycles. The van der Waals surface area contributed by atoms with Gasteiger partial charge < -0.3 is 5.32 Å². The molecule has 0 atom stereocenters. The van der Waals surface area contributed by atoms with E-state index in [0.29, 0.717) is 11.6 Å². The van der Waals surface area contributed by atoms with Gasteiger partial charge in [-0.2, -0.15) is 0 Å². The average molecular weight is 171 g/mol. The molecule has 0 unspecified atom stereocenters. The van der Waals surface area contributed by atoms with Gasteiger partial charge in [0.1, 0.15) is 0 Å². The molecule has 2 rings (SSSR count). The van der Waals surface area contributed by atoms with Crippen LogP contribution in [0.3, 0.4) is 0 Å². The molecule has 1 N–H and O–H groups in total. The number of aromatic nitrogens is 1. The number of rotatable bonds is 0. The predicted octanol–water partition coefficient (Wildman–Crippen LogP) is 0.851. The van der Waals surface area contributed by atoms with E-state index >= 15 is 0 Å². The van der Waals surface area contributed by atoms with Crippen LogP contribution in [0.25, 0.3) is 0 Å². The predicted molar refractivity (Wildman–Crippen MR) is 42.3 cm³/mol. The summed E-state index contributed by atoms with van der Waals surface area (Å²) >= 11 is 5.48. The fourth-order valence-corrected chi connectivity index (χ4v) is 0.507. The molecule has 0 aliphatic carbocycles. The highest BCUT2D eigenvalue weighted by molar-refractivity contribution is 6.30. The minimum absolute atomic E-state index is 0.167. The van der Waals surface area contributed by atoms with E-state index in [9.17, 15) is 4.79 Å². The largest absolute Gasteiger partial charge is 0.346 e. The second-order valence-electron chi connectivity index (χ2n) is 1.95.